The van der Waals surface area contributed by atoms with Crippen molar-refractivity contribution >= 4 is 11.9 Å². The third-order valence-corrected chi connectivity index (χ3v) is 3.89. The van der Waals surface area contributed by atoms with E-state index in [2.05, 4.69) is 0 Å². The number of nitrogens with zero attached hydrogens (tertiary/aromatic N) is 3. The SMILES string of the molecule is CC(C)N(CCCO)C(=O)C1CCCN(C(=O)N(C)C)C1. The number of amides is 3. The molecule has 21 heavy (non-hydrogen) atoms. The normalized spacial score (nSPS) is 18.8. The molecule has 0 saturated carbocycles. The second kappa shape index (κ2) is 8.22. The Hall–Kier alpha value is -1.30. The first-order valence-corrected chi connectivity index (χ1v) is 7.76. The summed E-state index contributed by atoms with van der Waals surface area (Å²) in [6, 6.07) is 0.0860. The molecule has 1 unspecified atom stereocenters. The summed E-state index contributed by atoms with van der Waals surface area (Å²) in [5, 5.41) is 8.97. The van der Waals surface area contributed by atoms with Gasteiger partial charge >= 0.3 is 6.03 Å². The van der Waals surface area contributed by atoms with Crippen molar-refractivity contribution in [2.24, 2.45) is 5.92 Å². The Bertz CT molecular complexity index is 358. The van der Waals surface area contributed by atoms with Crippen LogP contribution in [0.5, 0.6) is 0 Å². The van der Waals surface area contributed by atoms with Gasteiger partial charge in [0.25, 0.3) is 0 Å². The van der Waals surface area contributed by atoms with Gasteiger partial charge < -0.3 is 19.8 Å². The Balaban J connectivity index is 2.69. The lowest BCUT2D eigenvalue weighted by atomic mass is 9.96. The molecule has 0 spiro atoms. The highest BCUT2D eigenvalue weighted by Gasteiger charge is 2.32. The second-order valence-corrected chi connectivity index (χ2v) is 6.16. The second-order valence-electron chi connectivity index (χ2n) is 6.16. The van der Waals surface area contributed by atoms with Crippen molar-refractivity contribution < 1.29 is 14.7 Å². The highest BCUT2D eigenvalue weighted by molar-refractivity contribution is 5.81. The lowest BCUT2D eigenvalue weighted by Crippen LogP contribution is -2.50. The molecule has 1 aliphatic heterocycles. The summed E-state index contributed by atoms with van der Waals surface area (Å²) >= 11 is 0. The van der Waals surface area contributed by atoms with Crippen LogP contribution in [0.4, 0.5) is 4.79 Å². The Labute approximate surface area is 127 Å². The van der Waals surface area contributed by atoms with Crippen LogP contribution in [-0.4, -0.2) is 78.1 Å². The highest BCUT2D eigenvalue weighted by atomic mass is 16.3. The standard InChI is InChI=1S/C15H29N3O3/c1-12(2)18(9-6-10-19)14(20)13-7-5-8-17(11-13)15(21)16(3)4/h12-13,19H,5-11H2,1-4H3. The fraction of sp³-hybridized carbons (Fsp3) is 0.867. The summed E-state index contributed by atoms with van der Waals surface area (Å²) in [4.78, 5) is 29.9. The molecule has 1 saturated heterocycles. The fourth-order valence-electron chi connectivity index (χ4n) is 2.73. The van der Waals surface area contributed by atoms with Crippen LogP contribution in [-0.2, 0) is 4.79 Å². The van der Waals surface area contributed by atoms with Crippen molar-refractivity contribution in [3.05, 3.63) is 0 Å². The average Bonchev–Trinajstić information content (AvgIpc) is 2.46. The summed E-state index contributed by atoms with van der Waals surface area (Å²) in [5.41, 5.74) is 0. The Morgan fingerprint density at radius 1 is 1.33 bits per heavy atom. The molecule has 6 heteroatoms. The molecule has 0 aromatic carbocycles. The van der Waals surface area contributed by atoms with Crippen LogP contribution in [0.25, 0.3) is 0 Å². The van der Waals surface area contributed by atoms with Gasteiger partial charge in [-0.1, -0.05) is 0 Å². The van der Waals surface area contributed by atoms with E-state index in [9.17, 15) is 9.59 Å². The van der Waals surface area contributed by atoms with Gasteiger partial charge in [0, 0.05) is 46.4 Å². The van der Waals surface area contributed by atoms with Crippen LogP contribution < -0.4 is 0 Å². The molecule has 0 aromatic rings. The average molecular weight is 299 g/mol. The molecule has 0 bridgehead atoms. The van der Waals surface area contributed by atoms with Gasteiger partial charge in [-0.3, -0.25) is 4.79 Å². The van der Waals surface area contributed by atoms with Crippen molar-refractivity contribution in [1.29, 1.82) is 0 Å². The van der Waals surface area contributed by atoms with Gasteiger partial charge in [-0.2, -0.15) is 0 Å². The van der Waals surface area contributed by atoms with E-state index >= 15 is 0 Å². The zero-order chi connectivity index (χ0) is 16.0. The molecular weight excluding hydrogens is 270 g/mol. The molecule has 1 heterocycles. The third-order valence-electron chi connectivity index (χ3n) is 3.89. The van der Waals surface area contributed by atoms with Gasteiger partial charge in [-0.15, -0.1) is 0 Å². The Morgan fingerprint density at radius 3 is 2.52 bits per heavy atom. The number of carbonyl (C=O) groups excluding carboxylic acids is 2. The summed E-state index contributed by atoms with van der Waals surface area (Å²) in [6.45, 7) is 5.86. The minimum atomic E-state index is -0.122. The summed E-state index contributed by atoms with van der Waals surface area (Å²) < 4.78 is 0. The number of aliphatic hydroxyl groups excluding tert-OH is 1. The molecule has 0 aromatic heterocycles. The number of piperidine rings is 1. The Morgan fingerprint density at radius 2 is 2.00 bits per heavy atom. The predicted octanol–water partition coefficient (Wildman–Crippen LogP) is 0.999. The minimum Gasteiger partial charge on any atom is -0.396 e. The van der Waals surface area contributed by atoms with Crippen molar-refractivity contribution in [2.75, 3.05) is 40.3 Å². The van der Waals surface area contributed by atoms with E-state index in [4.69, 9.17) is 5.11 Å². The van der Waals surface area contributed by atoms with Crippen molar-refractivity contribution in [3.8, 4) is 0 Å². The highest BCUT2D eigenvalue weighted by Crippen LogP contribution is 2.21. The molecule has 3 amide bonds. The van der Waals surface area contributed by atoms with Crippen LogP contribution in [0.1, 0.15) is 33.1 Å². The van der Waals surface area contributed by atoms with E-state index in [1.165, 1.54) is 0 Å². The number of likely N-dealkylation sites (tertiary alicyclic amines) is 1. The topological polar surface area (TPSA) is 64.1 Å². The zero-order valence-corrected chi connectivity index (χ0v) is 13.7. The number of urea groups is 1. The third kappa shape index (κ3) is 4.88. The van der Waals surface area contributed by atoms with Crippen LogP contribution in [0.2, 0.25) is 0 Å². The number of rotatable bonds is 5. The quantitative estimate of drug-likeness (QED) is 0.823. The minimum absolute atomic E-state index is 0.0287. The monoisotopic (exact) mass is 299 g/mol. The van der Waals surface area contributed by atoms with Gasteiger partial charge in [0.1, 0.15) is 0 Å². The molecule has 0 aliphatic carbocycles. The molecule has 1 rings (SSSR count). The number of hydrogen-bond acceptors (Lipinski definition) is 3. The molecular formula is C15H29N3O3. The van der Waals surface area contributed by atoms with Crippen LogP contribution in [0, 0.1) is 5.92 Å². The van der Waals surface area contributed by atoms with Crippen molar-refractivity contribution in [2.45, 2.75) is 39.2 Å². The van der Waals surface area contributed by atoms with Crippen molar-refractivity contribution in [1.82, 2.24) is 14.7 Å². The Kier molecular flexibility index (Phi) is 6.95. The van der Waals surface area contributed by atoms with E-state index in [0.29, 0.717) is 19.5 Å². The van der Waals surface area contributed by atoms with Crippen molar-refractivity contribution in [3.63, 3.8) is 0 Å². The van der Waals surface area contributed by atoms with E-state index in [0.717, 1.165) is 19.4 Å². The maximum atomic E-state index is 12.7. The summed E-state index contributed by atoms with van der Waals surface area (Å²) in [7, 11) is 3.46. The largest absolute Gasteiger partial charge is 0.396 e. The smallest absolute Gasteiger partial charge is 0.319 e. The lowest BCUT2D eigenvalue weighted by Gasteiger charge is -2.37. The van der Waals surface area contributed by atoms with Crippen LogP contribution in [0.3, 0.4) is 0 Å². The van der Waals surface area contributed by atoms with E-state index < -0.39 is 0 Å². The van der Waals surface area contributed by atoms with E-state index in [1.54, 1.807) is 23.9 Å². The fourth-order valence-corrected chi connectivity index (χ4v) is 2.73. The first kappa shape index (κ1) is 17.8. The lowest BCUT2D eigenvalue weighted by molar-refractivity contribution is -0.138. The van der Waals surface area contributed by atoms with E-state index in [1.807, 2.05) is 18.7 Å². The molecule has 122 valence electrons. The maximum absolute atomic E-state index is 12.7. The molecule has 1 fully saturated rings. The van der Waals surface area contributed by atoms with E-state index in [-0.39, 0.29) is 30.5 Å². The maximum Gasteiger partial charge on any atom is 0.319 e. The molecule has 1 atom stereocenters. The molecule has 6 nitrogen and oxygen atoms in total. The van der Waals surface area contributed by atoms with Crippen LogP contribution >= 0.6 is 0 Å². The van der Waals surface area contributed by atoms with Gasteiger partial charge in [0.2, 0.25) is 5.91 Å². The van der Waals surface area contributed by atoms with Gasteiger partial charge in [-0.05, 0) is 33.1 Å². The number of hydrogen-bond donors (Lipinski definition) is 1. The zero-order valence-electron chi connectivity index (χ0n) is 13.7. The van der Waals surface area contributed by atoms with Gasteiger partial charge in [0.15, 0.2) is 0 Å². The van der Waals surface area contributed by atoms with Crippen LogP contribution in [0.15, 0.2) is 0 Å². The summed E-state index contributed by atoms with van der Waals surface area (Å²) in [6.07, 6.45) is 2.29. The summed E-state index contributed by atoms with van der Waals surface area (Å²) in [5.74, 6) is -0.0153. The number of carbonyl (C=O) groups is 2. The van der Waals surface area contributed by atoms with Gasteiger partial charge in [0.05, 0.1) is 5.92 Å². The first-order valence-electron chi connectivity index (χ1n) is 7.76. The predicted molar refractivity (Wildman–Crippen MR) is 81.9 cm³/mol. The molecule has 1 aliphatic rings. The molecule has 0 radical (unpaired) electrons. The van der Waals surface area contributed by atoms with Gasteiger partial charge in [-0.25, -0.2) is 4.79 Å². The molecule has 1 N–H and O–H groups in total. The first-order chi connectivity index (χ1) is 9.88. The number of aliphatic hydroxyl groups is 1.